The predicted octanol–water partition coefficient (Wildman–Crippen LogP) is 2.65. The van der Waals surface area contributed by atoms with Crippen LogP contribution in [0.15, 0.2) is 24.3 Å². The van der Waals surface area contributed by atoms with Crippen LogP contribution in [0, 0.1) is 11.7 Å². The van der Waals surface area contributed by atoms with E-state index in [1.807, 2.05) is 12.1 Å². The molecule has 0 heterocycles. The number of nitrogens with two attached hydrogens (primary N) is 1. The fourth-order valence-electron chi connectivity index (χ4n) is 1.05. The molecule has 0 spiro atoms. The zero-order chi connectivity index (χ0) is 10.4. The van der Waals surface area contributed by atoms with Gasteiger partial charge in [-0.15, -0.1) is 0 Å². The molecule has 1 unspecified atom stereocenters. The lowest BCUT2D eigenvalue weighted by atomic mass is 10.2. The van der Waals surface area contributed by atoms with Crippen LogP contribution in [0.4, 0.5) is 4.39 Å². The zero-order valence-electron chi connectivity index (χ0n) is 8.37. The van der Waals surface area contributed by atoms with Crippen molar-refractivity contribution in [2.45, 2.75) is 12.7 Å². The predicted molar refractivity (Wildman–Crippen MR) is 60.8 cm³/mol. The van der Waals surface area contributed by atoms with Gasteiger partial charge < -0.3 is 5.73 Å². The third-order valence-corrected chi connectivity index (χ3v) is 3.34. The van der Waals surface area contributed by atoms with Gasteiger partial charge in [-0.2, -0.15) is 11.8 Å². The van der Waals surface area contributed by atoms with E-state index >= 15 is 0 Å². The van der Waals surface area contributed by atoms with Crippen molar-refractivity contribution in [3.63, 3.8) is 0 Å². The number of benzene rings is 1. The molecule has 0 amide bonds. The van der Waals surface area contributed by atoms with Crippen molar-refractivity contribution in [1.82, 2.24) is 0 Å². The molecule has 78 valence electrons. The van der Waals surface area contributed by atoms with Gasteiger partial charge in [-0.1, -0.05) is 25.1 Å². The molecule has 1 rings (SSSR count). The van der Waals surface area contributed by atoms with Crippen LogP contribution in [0.5, 0.6) is 0 Å². The van der Waals surface area contributed by atoms with Crippen molar-refractivity contribution in [2.24, 2.45) is 11.7 Å². The summed E-state index contributed by atoms with van der Waals surface area (Å²) in [6.07, 6.45) is 0. The molecule has 0 aliphatic heterocycles. The molecule has 14 heavy (non-hydrogen) atoms. The Balaban J connectivity index is 2.35. The maximum Gasteiger partial charge on any atom is 0.127 e. The molecule has 1 aromatic rings. The van der Waals surface area contributed by atoms with Crippen molar-refractivity contribution < 1.29 is 4.39 Å². The second kappa shape index (κ2) is 6.04. The molecule has 0 aromatic heterocycles. The average molecular weight is 213 g/mol. The highest BCUT2D eigenvalue weighted by Crippen LogP contribution is 2.17. The van der Waals surface area contributed by atoms with Gasteiger partial charge in [0, 0.05) is 5.75 Å². The van der Waals surface area contributed by atoms with Crippen LogP contribution < -0.4 is 5.73 Å². The van der Waals surface area contributed by atoms with Gasteiger partial charge in [-0.3, -0.25) is 0 Å². The van der Waals surface area contributed by atoms with E-state index in [0.29, 0.717) is 12.5 Å². The Bertz CT molecular complexity index is 278. The minimum Gasteiger partial charge on any atom is -0.330 e. The summed E-state index contributed by atoms with van der Waals surface area (Å²) in [5, 5.41) is 0. The summed E-state index contributed by atoms with van der Waals surface area (Å²) in [7, 11) is 0. The Hall–Kier alpha value is -0.540. The van der Waals surface area contributed by atoms with Gasteiger partial charge in [0.05, 0.1) is 0 Å². The lowest BCUT2D eigenvalue weighted by Crippen LogP contribution is -2.12. The van der Waals surface area contributed by atoms with Crippen LogP contribution in [-0.2, 0) is 5.75 Å². The fraction of sp³-hybridized carbons (Fsp3) is 0.455. The average Bonchev–Trinajstić information content (AvgIpc) is 2.20. The van der Waals surface area contributed by atoms with E-state index in [9.17, 15) is 4.39 Å². The van der Waals surface area contributed by atoms with E-state index in [2.05, 4.69) is 6.92 Å². The first-order chi connectivity index (χ1) is 6.74. The van der Waals surface area contributed by atoms with E-state index in [1.54, 1.807) is 17.8 Å². The van der Waals surface area contributed by atoms with Crippen LogP contribution in [0.1, 0.15) is 12.5 Å². The maximum atomic E-state index is 13.2. The molecular weight excluding hydrogens is 197 g/mol. The van der Waals surface area contributed by atoms with Gasteiger partial charge in [0.2, 0.25) is 0 Å². The first-order valence-electron chi connectivity index (χ1n) is 4.75. The minimum atomic E-state index is -0.111. The third-order valence-electron chi connectivity index (χ3n) is 2.02. The lowest BCUT2D eigenvalue weighted by molar-refractivity contribution is 0.617. The van der Waals surface area contributed by atoms with Crippen molar-refractivity contribution >= 4 is 11.8 Å². The molecule has 0 aliphatic rings. The monoisotopic (exact) mass is 213 g/mol. The molecule has 0 radical (unpaired) electrons. The molecule has 0 bridgehead atoms. The molecule has 0 saturated carbocycles. The summed E-state index contributed by atoms with van der Waals surface area (Å²) in [6.45, 7) is 2.80. The van der Waals surface area contributed by atoms with Gasteiger partial charge in [-0.05, 0) is 29.8 Å². The normalized spacial score (nSPS) is 12.8. The van der Waals surface area contributed by atoms with Crippen LogP contribution in [0.25, 0.3) is 0 Å². The van der Waals surface area contributed by atoms with Gasteiger partial charge in [0.1, 0.15) is 5.82 Å². The SMILES string of the molecule is CC(CN)CSCc1ccccc1F. The van der Waals surface area contributed by atoms with Crippen LogP contribution in [-0.4, -0.2) is 12.3 Å². The summed E-state index contributed by atoms with van der Waals surface area (Å²) >= 11 is 1.73. The van der Waals surface area contributed by atoms with Crippen LogP contribution in [0.3, 0.4) is 0 Å². The van der Waals surface area contributed by atoms with Crippen molar-refractivity contribution in [2.75, 3.05) is 12.3 Å². The summed E-state index contributed by atoms with van der Waals surface area (Å²) in [5.41, 5.74) is 6.27. The molecule has 1 atom stereocenters. The van der Waals surface area contributed by atoms with E-state index in [0.717, 1.165) is 17.1 Å². The van der Waals surface area contributed by atoms with Gasteiger partial charge in [-0.25, -0.2) is 4.39 Å². The topological polar surface area (TPSA) is 26.0 Å². The van der Waals surface area contributed by atoms with E-state index in [1.165, 1.54) is 6.07 Å². The van der Waals surface area contributed by atoms with E-state index in [-0.39, 0.29) is 5.82 Å². The quantitative estimate of drug-likeness (QED) is 0.813. The second-order valence-electron chi connectivity index (χ2n) is 3.45. The zero-order valence-corrected chi connectivity index (χ0v) is 9.19. The summed E-state index contributed by atoms with van der Waals surface area (Å²) < 4.78 is 13.2. The highest BCUT2D eigenvalue weighted by atomic mass is 32.2. The lowest BCUT2D eigenvalue weighted by Gasteiger charge is -2.07. The van der Waals surface area contributed by atoms with Gasteiger partial charge in [0.25, 0.3) is 0 Å². The standard InChI is InChI=1S/C11H16FNS/c1-9(6-13)7-14-8-10-4-2-3-5-11(10)12/h2-5,9H,6-8,13H2,1H3. The largest absolute Gasteiger partial charge is 0.330 e. The highest BCUT2D eigenvalue weighted by Gasteiger charge is 2.02. The first-order valence-corrected chi connectivity index (χ1v) is 5.90. The summed E-state index contributed by atoms with van der Waals surface area (Å²) in [5.74, 6) is 2.12. The van der Waals surface area contributed by atoms with E-state index < -0.39 is 0 Å². The Morgan fingerprint density at radius 2 is 2.14 bits per heavy atom. The van der Waals surface area contributed by atoms with Crippen molar-refractivity contribution in [3.8, 4) is 0 Å². The first kappa shape index (κ1) is 11.5. The molecule has 1 aromatic carbocycles. The number of rotatable bonds is 5. The Morgan fingerprint density at radius 3 is 2.79 bits per heavy atom. The Morgan fingerprint density at radius 1 is 1.43 bits per heavy atom. The van der Waals surface area contributed by atoms with Crippen LogP contribution in [0.2, 0.25) is 0 Å². The van der Waals surface area contributed by atoms with Crippen LogP contribution >= 0.6 is 11.8 Å². The molecule has 0 aliphatic carbocycles. The molecule has 0 fully saturated rings. The molecule has 1 nitrogen and oxygen atoms in total. The number of thioether (sulfide) groups is 1. The number of halogens is 1. The number of hydrogen-bond acceptors (Lipinski definition) is 2. The smallest absolute Gasteiger partial charge is 0.127 e. The highest BCUT2D eigenvalue weighted by molar-refractivity contribution is 7.98. The van der Waals surface area contributed by atoms with E-state index in [4.69, 9.17) is 5.73 Å². The Labute approximate surface area is 88.9 Å². The number of hydrogen-bond donors (Lipinski definition) is 1. The minimum absolute atomic E-state index is 0.111. The molecular formula is C11H16FNS. The van der Waals surface area contributed by atoms with Gasteiger partial charge in [0.15, 0.2) is 0 Å². The maximum absolute atomic E-state index is 13.2. The van der Waals surface area contributed by atoms with Crippen molar-refractivity contribution in [3.05, 3.63) is 35.6 Å². The fourth-order valence-corrected chi connectivity index (χ4v) is 2.16. The summed E-state index contributed by atoms with van der Waals surface area (Å²) in [4.78, 5) is 0. The summed E-state index contributed by atoms with van der Waals surface area (Å²) in [6, 6.07) is 6.91. The second-order valence-corrected chi connectivity index (χ2v) is 4.48. The molecule has 2 N–H and O–H groups in total. The molecule has 0 saturated heterocycles. The third kappa shape index (κ3) is 3.68. The van der Waals surface area contributed by atoms with Gasteiger partial charge >= 0.3 is 0 Å². The molecule has 3 heteroatoms. The van der Waals surface area contributed by atoms with Crippen molar-refractivity contribution in [1.29, 1.82) is 0 Å². The Kier molecular flexibility index (Phi) is 4.98.